The van der Waals surface area contributed by atoms with Gasteiger partial charge in [0.2, 0.25) is 0 Å². The third-order valence-corrected chi connectivity index (χ3v) is 2.58. The molecule has 0 bridgehead atoms. The lowest BCUT2D eigenvalue weighted by atomic mass is 10.1. The van der Waals surface area contributed by atoms with Crippen LogP contribution in [0.5, 0.6) is 0 Å². The molecule has 18 heavy (non-hydrogen) atoms. The lowest BCUT2D eigenvalue weighted by Gasteiger charge is -2.13. The van der Waals surface area contributed by atoms with Gasteiger partial charge in [-0.05, 0) is 25.1 Å². The molecule has 0 radical (unpaired) electrons. The van der Waals surface area contributed by atoms with Crippen molar-refractivity contribution in [1.29, 1.82) is 0 Å². The fourth-order valence-electron chi connectivity index (χ4n) is 1.28. The maximum atomic E-state index is 12.7. The van der Waals surface area contributed by atoms with Gasteiger partial charge >= 0.3 is 6.18 Å². The van der Waals surface area contributed by atoms with E-state index in [0.717, 1.165) is 12.1 Å². The summed E-state index contributed by atoms with van der Waals surface area (Å²) in [6, 6.07) is 3.29. The van der Waals surface area contributed by atoms with Crippen molar-refractivity contribution in [2.75, 3.05) is 6.54 Å². The third-order valence-electron chi connectivity index (χ3n) is 2.09. The average Bonchev–Trinajstić information content (AvgIpc) is 2.24. The molecule has 3 nitrogen and oxygen atoms in total. The highest BCUT2D eigenvalue weighted by atomic mass is 79.9. The van der Waals surface area contributed by atoms with Crippen LogP contribution in [0.25, 0.3) is 0 Å². The number of amides is 1. The zero-order chi connectivity index (χ0) is 13.9. The van der Waals surface area contributed by atoms with E-state index >= 15 is 0 Å². The van der Waals surface area contributed by atoms with E-state index in [9.17, 15) is 18.0 Å². The normalized spacial score (nSPS) is 13.2. The van der Waals surface area contributed by atoms with Gasteiger partial charge in [0, 0.05) is 11.0 Å². The Labute approximate surface area is 110 Å². The predicted octanol–water partition coefficient (Wildman–Crippen LogP) is 2.58. The van der Waals surface area contributed by atoms with Crippen LogP contribution >= 0.6 is 15.9 Å². The van der Waals surface area contributed by atoms with Gasteiger partial charge in [0.25, 0.3) is 5.91 Å². The van der Waals surface area contributed by atoms with Crippen molar-refractivity contribution in [1.82, 2.24) is 5.32 Å². The predicted molar refractivity (Wildman–Crippen MR) is 63.2 cm³/mol. The van der Waals surface area contributed by atoms with E-state index in [0.29, 0.717) is 0 Å². The maximum absolute atomic E-state index is 12.7. The number of alkyl halides is 3. The van der Waals surface area contributed by atoms with E-state index in [-0.39, 0.29) is 11.0 Å². The topological polar surface area (TPSA) is 49.3 Å². The van der Waals surface area contributed by atoms with Crippen molar-refractivity contribution >= 4 is 21.8 Å². The van der Waals surface area contributed by atoms with Gasteiger partial charge in [-0.1, -0.05) is 15.9 Å². The van der Waals surface area contributed by atoms with Crippen LogP contribution < -0.4 is 5.32 Å². The molecule has 0 heterocycles. The molecule has 0 aliphatic heterocycles. The lowest BCUT2D eigenvalue weighted by Crippen LogP contribution is -2.32. The number of benzene rings is 1. The summed E-state index contributed by atoms with van der Waals surface area (Å²) < 4.78 is 38.4. The molecule has 0 spiro atoms. The average molecular weight is 326 g/mol. The van der Waals surface area contributed by atoms with Crippen LogP contribution in [0, 0.1) is 0 Å². The van der Waals surface area contributed by atoms with E-state index in [4.69, 9.17) is 5.11 Å². The second-order valence-corrected chi connectivity index (χ2v) is 4.66. The number of halogens is 4. The molecule has 0 saturated carbocycles. The first-order chi connectivity index (χ1) is 8.21. The Morgan fingerprint density at radius 3 is 2.61 bits per heavy atom. The Hall–Kier alpha value is -1.08. The Morgan fingerprint density at radius 2 is 2.11 bits per heavy atom. The number of nitrogens with one attached hydrogen (secondary N) is 1. The molecule has 0 aliphatic rings. The molecule has 0 aromatic heterocycles. The molecule has 1 rings (SSSR count). The molecule has 1 amide bonds. The number of aliphatic hydroxyl groups excluding tert-OH is 1. The zero-order valence-corrected chi connectivity index (χ0v) is 11.0. The molecule has 0 fully saturated rings. The van der Waals surface area contributed by atoms with Gasteiger partial charge in [0.05, 0.1) is 17.2 Å². The molecule has 2 N–H and O–H groups in total. The van der Waals surface area contributed by atoms with Crippen molar-refractivity contribution in [2.24, 2.45) is 0 Å². The first-order valence-corrected chi connectivity index (χ1v) is 5.84. The minimum Gasteiger partial charge on any atom is -0.392 e. The van der Waals surface area contributed by atoms with Crippen LogP contribution in [-0.4, -0.2) is 23.7 Å². The van der Waals surface area contributed by atoms with Crippen LogP contribution in [0.4, 0.5) is 13.2 Å². The Kier molecular flexibility index (Phi) is 4.75. The summed E-state index contributed by atoms with van der Waals surface area (Å²) in [5.41, 5.74) is -1.48. The highest BCUT2D eigenvalue weighted by Gasteiger charge is 2.35. The smallest absolute Gasteiger partial charge is 0.392 e. The fourth-order valence-corrected chi connectivity index (χ4v) is 1.65. The largest absolute Gasteiger partial charge is 0.417 e. The van der Waals surface area contributed by atoms with Crippen molar-refractivity contribution in [3.8, 4) is 0 Å². The monoisotopic (exact) mass is 325 g/mol. The van der Waals surface area contributed by atoms with Crippen LogP contribution in [0.1, 0.15) is 22.8 Å². The molecule has 1 aromatic carbocycles. The molecule has 0 unspecified atom stereocenters. The van der Waals surface area contributed by atoms with Gasteiger partial charge in [-0.15, -0.1) is 0 Å². The van der Waals surface area contributed by atoms with Crippen molar-refractivity contribution in [3.63, 3.8) is 0 Å². The van der Waals surface area contributed by atoms with Gasteiger partial charge in [-0.3, -0.25) is 4.79 Å². The maximum Gasteiger partial charge on any atom is 0.417 e. The minimum absolute atomic E-state index is 0.105. The number of hydrogen-bond acceptors (Lipinski definition) is 2. The van der Waals surface area contributed by atoms with Crippen molar-refractivity contribution in [2.45, 2.75) is 19.2 Å². The standard InChI is InChI=1S/C11H11BrF3NO2/c1-6(17)5-16-10(18)8-3-2-7(12)4-9(8)11(13,14)15/h2-4,6,17H,5H2,1H3,(H,16,18)/t6-/m1/s1. The van der Waals surface area contributed by atoms with Gasteiger partial charge in [0.15, 0.2) is 0 Å². The second-order valence-electron chi connectivity index (χ2n) is 3.75. The second kappa shape index (κ2) is 5.71. The number of carbonyl (C=O) groups excluding carboxylic acids is 1. The summed E-state index contributed by atoms with van der Waals surface area (Å²) in [7, 11) is 0. The van der Waals surface area contributed by atoms with Crippen LogP contribution in [0.3, 0.4) is 0 Å². The summed E-state index contributed by atoms with van der Waals surface area (Å²) in [5, 5.41) is 11.2. The van der Waals surface area contributed by atoms with Gasteiger partial charge in [-0.2, -0.15) is 13.2 Å². The van der Waals surface area contributed by atoms with E-state index < -0.39 is 29.3 Å². The Bertz CT molecular complexity index is 446. The SMILES string of the molecule is C[C@@H](O)CNC(=O)c1ccc(Br)cc1C(F)(F)F. The quantitative estimate of drug-likeness (QED) is 0.897. The van der Waals surface area contributed by atoms with Crippen LogP contribution in [0.2, 0.25) is 0 Å². The molecule has 0 saturated heterocycles. The summed E-state index contributed by atoms with van der Waals surface area (Å²) in [5.74, 6) is -0.865. The molecule has 0 aliphatic carbocycles. The molecular formula is C11H11BrF3NO2. The van der Waals surface area contributed by atoms with Crippen LogP contribution in [0.15, 0.2) is 22.7 Å². The van der Waals surface area contributed by atoms with Crippen molar-refractivity contribution < 1.29 is 23.1 Å². The van der Waals surface area contributed by atoms with Gasteiger partial charge < -0.3 is 10.4 Å². The number of hydrogen-bond donors (Lipinski definition) is 2. The first-order valence-electron chi connectivity index (χ1n) is 5.05. The molecule has 100 valence electrons. The summed E-state index contributed by atoms with van der Waals surface area (Å²) in [4.78, 5) is 11.6. The number of rotatable bonds is 3. The van der Waals surface area contributed by atoms with E-state index in [1.807, 2.05) is 0 Å². The third kappa shape index (κ3) is 3.99. The fraction of sp³-hybridized carbons (Fsp3) is 0.364. The summed E-state index contributed by atoms with van der Waals surface area (Å²) in [6.45, 7) is 1.32. The Balaban J connectivity index is 3.05. The molecular weight excluding hydrogens is 315 g/mol. The molecule has 1 aromatic rings. The summed E-state index contributed by atoms with van der Waals surface area (Å²) >= 11 is 2.93. The van der Waals surface area contributed by atoms with E-state index in [1.165, 1.54) is 13.0 Å². The van der Waals surface area contributed by atoms with E-state index in [2.05, 4.69) is 21.2 Å². The van der Waals surface area contributed by atoms with Gasteiger partial charge in [0.1, 0.15) is 0 Å². The highest BCUT2D eigenvalue weighted by molar-refractivity contribution is 9.10. The molecule has 7 heteroatoms. The Morgan fingerprint density at radius 1 is 1.50 bits per heavy atom. The minimum atomic E-state index is -4.61. The van der Waals surface area contributed by atoms with E-state index in [1.54, 1.807) is 0 Å². The van der Waals surface area contributed by atoms with Crippen molar-refractivity contribution in [3.05, 3.63) is 33.8 Å². The zero-order valence-electron chi connectivity index (χ0n) is 9.38. The van der Waals surface area contributed by atoms with Crippen LogP contribution in [-0.2, 0) is 6.18 Å². The first kappa shape index (κ1) is 15.0. The summed E-state index contributed by atoms with van der Waals surface area (Å²) in [6.07, 6.45) is -5.43. The number of carbonyl (C=O) groups is 1. The molecule has 1 atom stereocenters. The highest BCUT2D eigenvalue weighted by Crippen LogP contribution is 2.33. The lowest BCUT2D eigenvalue weighted by molar-refractivity contribution is -0.138. The van der Waals surface area contributed by atoms with Gasteiger partial charge in [-0.25, -0.2) is 0 Å². The number of aliphatic hydroxyl groups is 1.